The third-order valence-corrected chi connectivity index (χ3v) is 6.78. The van der Waals surface area contributed by atoms with Crippen LogP contribution in [-0.4, -0.2) is 73.9 Å². The van der Waals surface area contributed by atoms with Crippen LogP contribution in [0.5, 0.6) is 0 Å². The molecule has 0 amide bonds. The maximum Gasteiger partial charge on any atom is 0.281 e. The van der Waals surface area contributed by atoms with E-state index in [9.17, 15) is 8.42 Å². The van der Waals surface area contributed by atoms with E-state index in [-0.39, 0.29) is 6.04 Å². The first-order valence-electron chi connectivity index (χ1n) is 8.84. The summed E-state index contributed by atoms with van der Waals surface area (Å²) in [6.07, 6.45) is 4.59. The lowest BCUT2D eigenvalue weighted by atomic mass is 10.0. The summed E-state index contributed by atoms with van der Waals surface area (Å²) in [5.41, 5.74) is 0.922. The highest BCUT2D eigenvalue weighted by atomic mass is 32.2. The molecule has 2 aliphatic heterocycles. The Balaban J connectivity index is 1.56. The second-order valence-electron chi connectivity index (χ2n) is 6.92. The minimum atomic E-state index is -3.43. The van der Waals surface area contributed by atoms with Crippen molar-refractivity contribution in [1.29, 1.82) is 0 Å². The quantitative estimate of drug-likeness (QED) is 0.664. The van der Waals surface area contributed by atoms with Crippen molar-refractivity contribution in [2.24, 2.45) is 5.92 Å². The number of aromatic nitrogens is 2. The molecule has 0 saturated carbocycles. The Morgan fingerprint density at radius 3 is 2.84 bits per heavy atom. The van der Waals surface area contributed by atoms with Gasteiger partial charge in [0.15, 0.2) is 0 Å². The van der Waals surface area contributed by atoms with Crippen molar-refractivity contribution in [1.82, 2.24) is 18.4 Å². The summed E-state index contributed by atoms with van der Waals surface area (Å²) in [4.78, 5) is 0. The lowest BCUT2D eigenvalue weighted by Crippen LogP contribution is -2.46. The normalized spacial score (nSPS) is 23.1. The minimum Gasteiger partial charge on any atom is -0.381 e. The van der Waals surface area contributed by atoms with Gasteiger partial charge >= 0.3 is 0 Å². The Morgan fingerprint density at radius 2 is 2.12 bits per heavy atom. The van der Waals surface area contributed by atoms with Gasteiger partial charge in [-0.1, -0.05) is 0 Å². The summed E-state index contributed by atoms with van der Waals surface area (Å²) in [6, 6.07) is 1.89. The predicted octanol–water partition coefficient (Wildman–Crippen LogP) is 0.880. The van der Waals surface area contributed by atoms with Crippen LogP contribution in [0.3, 0.4) is 0 Å². The van der Waals surface area contributed by atoms with E-state index in [0.29, 0.717) is 25.6 Å². The number of hydrogen-bond acceptors (Lipinski definition) is 5. The molecule has 8 nitrogen and oxygen atoms in total. The lowest BCUT2D eigenvalue weighted by Gasteiger charge is -2.34. The van der Waals surface area contributed by atoms with Gasteiger partial charge < -0.3 is 9.47 Å². The van der Waals surface area contributed by atoms with Crippen molar-refractivity contribution in [2.75, 3.05) is 47.1 Å². The molecule has 1 unspecified atom stereocenters. The minimum absolute atomic E-state index is 0.00293. The monoisotopic (exact) mass is 372 g/mol. The van der Waals surface area contributed by atoms with E-state index in [4.69, 9.17) is 9.47 Å². The number of hydrogen-bond donors (Lipinski definition) is 0. The third kappa shape index (κ3) is 4.40. The van der Waals surface area contributed by atoms with Crippen molar-refractivity contribution in [2.45, 2.75) is 31.8 Å². The first-order chi connectivity index (χ1) is 12.0. The molecule has 1 aromatic heterocycles. The lowest BCUT2D eigenvalue weighted by molar-refractivity contribution is 0.0167. The molecule has 1 aromatic rings. The van der Waals surface area contributed by atoms with Crippen LogP contribution in [-0.2, 0) is 26.2 Å². The van der Waals surface area contributed by atoms with Gasteiger partial charge in [0.05, 0.1) is 18.3 Å². The smallest absolute Gasteiger partial charge is 0.281 e. The van der Waals surface area contributed by atoms with E-state index < -0.39 is 10.2 Å². The highest BCUT2D eigenvalue weighted by molar-refractivity contribution is 7.86. The molecule has 25 heavy (non-hydrogen) atoms. The van der Waals surface area contributed by atoms with Crippen LogP contribution in [0.15, 0.2) is 12.3 Å². The van der Waals surface area contributed by atoms with Gasteiger partial charge in [-0.2, -0.15) is 22.1 Å². The molecule has 1 atom stereocenters. The van der Waals surface area contributed by atoms with E-state index in [1.165, 1.54) is 8.61 Å². The van der Waals surface area contributed by atoms with Gasteiger partial charge in [0.2, 0.25) is 0 Å². The van der Waals surface area contributed by atoms with E-state index in [0.717, 1.165) is 44.8 Å². The summed E-state index contributed by atoms with van der Waals surface area (Å²) >= 11 is 0. The van der Waals surface area contributed by atoms with Gasteiger partial charge in [0.25, 0.3) is 10.2 Å². The largest absolute Gasteiger partial charge is 0.381 e. The molecule has 142 valence electrons. The van der Waals surface area contributed by atoms with Crippen LogP contribution in [0.1, 0.15) is 31.0 Å². The zero-order chi connectivity index (χ0) is 17.9. The van der Waals surface area contributed by atoms with E-state index >= 15 is 0 Å². The molecule has 3 heterocycles. The summed E-state index contributed by atoms with van der Waals surface area (Å²) in [5.74, 6) is 0.575. The van der Waals surface area contributed by atoms with Crippen molar-refractivity contribution in [3.05, 3.63) is 18.0 Å². The second kappa shape index (κ2) is 8.13. The number of rotatable bonds is 7. The molecule has 0 N–H and O–H groups in total. The Morgan fingerprint density at radius 1 is 1.36 bits per heavy atom. The van der Waals surface area contributed by atoms with Crippen LogP contribution in [0.4, 0.5) is 0 Å². The zero-order valence-corrected chi connectivity index (χ0v) is 15.8. The Kier molecular flexibility index (Phi) is 6.11. The average Bonchev–Trinajstić information content (AvgIpc) is 3.08. The molecule has 9 heteroatoms. The average molecular weight is 372 g/mol. The maximum atomic E-state index is 12.5. The van der Waals surface area contributed by atoms with Crippen LogP contribution in [0.25, 0.3) is 0 Å². The fraction of sp³-hybridized carbons (Fsp3) is 0.812. The maximum absolute atomic E-state index is 12.5. The van der Waals surface area contributed by atoms with Crippen molar-refractivity contribution >= 4 is 10.2 Å². The SMILES string of the molecule is CN(C)S(=O)(=O)N1Cc2ccnn2C(CCOCC2CCOCC2)C1. The summed E-state index contributed by atoms with van der Waals surface area (Å²) in [7, 11) is -0.305. The standard InChI is InChI=1S/C16H28N4O4S/c1-18(2)25(21,22)19-11-15-3-7-17-20(15)16(12-19)6-10-24-13-14-4-8-23-9-5-14/h3,7,14,16H,4-6,8-13H2,1-2H3. The molecule has 1 fully saturated rings. The third-order valence-electron chi connectivity index (χ3n) is 4.93. The van der Waals surface area contributed by atoms with Crippen LogP contribution >= 0.6 is 0 Å². The number of nitrogens with zero attached hydrogens (tertiary/aromatic N) is 4. The van der Waals surface area contributed by atoms with Gasteiger partial charge in [-0.05, 0) is 31.2 Å². The molecular weight excluding hydrogens is 344 g/mol. The molecule has 1 saturated heterocycles. The topological polar surface area (TPSA) is 76.9 Å². The summed E-state index contributed by atoms with van der Waals surface area (Å²) < 4.78 is 40.9. The van der Waals surface area contributed by atoms with E-state index in [2.05, 4.69) is 5.10 Å². The molecule has 0 radical (unpaired) electrons. The van der Waals surface area contributed by atoms with Crippen LogP contribution in [0, 0.1) is 5.92 Å². The first-order valence-corrected chi connectivity index (χ1v) is 10.2. The Hall–Kier alpha value is -1.00. The molecule has 0 aromatic carbocycles. The molecule has 0 spiro atoms. The van der Waals surface area contributed by atoms with Gasteiger partial charge in [-0.3, -0.25) is 4.68 Å². The zero-order valence-electron chi connectivity index (χ0n) is 15.0. The Labute approximate surface area is 149 Å². The van der Waals surface area contributed by atoms with Gasteiger partial charge in [0, 0.05) is 53.3 Å². The fourth-order valence-corrected chi connectivity index (χ4v) is 4.47. The molecule has 3 rings (SSSR count). The van der Waals surface area contributed by atoms with E-state index in [1.54, 1.807) is 20.3 Å². The molecular formula is C16H28N4O4S. The highest BCUT2D eigenvalue weighted by Crippen LogP contribution is 2.26. The number of fused-ring (bicyclic) bond motifs is 1. The van der Waals surface area contributed by atoms with Gasteiger partial charge in [-0.15, -0.1) is 0 Å². The Bertz CT molecular complexity index is 655. The van der Waals surface area contributed by atoms with Gasteiger partial charge in [0.1, 0.15) is 0 Å². The van der Waals surface area contributed by atoms with Crippen molar-refractivity contribution in [3.8, 4) is 0 Å². The highest BCUT2D eigenvalue weighted by Gasteiger charge is 2.33. The summed E-state index contributed by atoms with van der Waals surface area (Å²) in [5, 5.41) is 4.38. The first kappa shape index (κ1) is 18.8. The molecule has 0 aliphatic carbocycles. The number of ether oxygens (including phenoxy) is 2. The van der Waals surface area contributed by atoms with Crippen molar-refractivity contribution < 1.29 is 17.9 Å². The molecule has 0 bridgehead atoms. The fourth-order valence-electron chi connectivity index (χ4n) is 3.36. The summed E-state index contributed by atoms with van der Waals surface area (Å²) in [6.45, 7) is 3.80. The van der Waals surface area contributed by atoms with Crippen LogP contribution < -0.4 is 0 Å². The van der Waals surface area contributed by atoms with Crippen LogP contribution in [0.2, 0.25) is 0 Å². The van der Waals surface area contributed by atoms with E-state index in [1.807, 2.05) is 10.7 Å². The predicted molar refractivity (Wildman–Crippen MR) is 93.3 cm³/mol. The second-order valence-corrected chi connectivity index (χ2v) is 9.07. The molecule has 2 aliphatic rings. The van der Waals surface area contributed by atoms with Gasteiger partial charge in [-0.25, -0.2) is 0 Å². The van der Waals surface area contributed by atoms with Crippen molar-refractivity contribution in [3.63, 3.8) is 0 Å².